The number of hydrogen-bond donors (Lipinski definition) is 2. The van der Waals surface area contributed by atoms with Crippen LogP contribution in [0.4, 0.5) is 5.69 Å². The van der Waals surface area contributed by atoms with Gasteiger partial charge in [-0.2, -0.15) is 5.26 Å². The molecule has 0 bridgehead atoms. The molecule has 0 amide bonds. The van der Waals surface area contributed by atoms with Crippen molar-refractivity contribution in [1.29, 1.82) is 5.26 Å². The minimum absolute atomic E-state index is 0.116. The lowest BCUT2D eigenvalue weighted by atomic mass is 10.2. The van der Waals surface area contributed by atoms with E-state index >= 15 is 0 Å². The summed E-state index contributed by atoms with van der Waals surface area (Å²) >= 11 is 4.12. The van der Waals surface area contributed by atoms with E-state index in [9.17, 15) is 4.79 Å². The van der Waals surface area contributed by atoms with Crippen LogP contribution in [0.2, 0.25) is 0 Å². The van der Waals surface area contributed by atoms with Gasteiger partial charge in [-0.15, -0.1) is 12.6 Å². The number of nitrogens with zero attached hydrogens (tertiary/aromatic N) is 1. The smallest absolute Gasteiger partial charge is 0.351 e. The maximum absolute atomic E-state index is 11.5. The molecule has 1 rings (SSSR count). The molecule has 0 unspecified atom stereocenters. The Morgan fingerprint density at radius 1 is 1.47 bits per heavy atom. The van der Waals surface area contributed by atoms with Crippen molar-refractivity contribution in [3.05, 3.63) is 34.9 Å². The number of methoxy groups -OCH3 is 1. The van der Waals surface area contributed by atoms with Crippen molar-refractivity contribution in [1.82, 2.24) is 0 Å². The van der Waals surface area contributed by atoms with Crippen molar-refractivity contribution in [3.63, 3.8) is 0 Å². The lowest BCUT2D eigenvalue weighted by Gasteiger charge is -2.11. The van der Waals surface area contributed by atoms with Crippen LogP contribution in [0.15, 0.2) is 34.9 Å². The number of thiol groups is 1. The summed E-state index contributed by atoms with van der Waals surface area (Å²) < 4.78 is 9.92. The number of ether oxygens (including phenoxy) is 2. The first kappa shape index (κ1) is 14.9. The van der Waals surface area contributed by atoms with Crippen molar-refractivity contribution in [2.45, 2.75) is 6.92 Å². The number of rotatable bonds is 5. The Kier molecular flexibility index (Phi) is 5.76. The molecule has 0 aromatic heterocycles. The van der Waals surface area contributed by atoms with Gasteiger partial charge in [-0.3, -0.25) is 0 Å². The summed E-state index contributed by atoms with van der Waals surface area (Å²) in [5.74, 6) is -0.132. The maximum Gasteiger partial charge on any atom is 0.351 e. The molecule has 1 aromatic carbocycles. The van der Waals surface area contributed by atoms with E-state index in [0.717, 1.165) is 0 Å². The van der Waals surface area contributed by atoms with Gasteiger partial charge < -0.3 is 14.8 Å². The summed E-state index contributed by atoms with van der Waals surface area (Å²) in [5, 5.41) is 11.9. The Morgan fingerprint density at radius 3 is 2.74 bits per heavy atom. The second-order valence-electron chi connectivity index (χ2n) is 3.38. The molecule has 1 N–H and O–H groups in total. The van der Waals surface area contributed by atoms with E-state index in [4.69, 9.17) is 14.7 Å². The summed E-state index contributed by atoms with van der Waals surface area (Å²) in [4.78, 5) is 11.5. The summed E-state index contributed by atoms with van der Waals surface area (Å²) in [6.45, 7) is 1.86. The fraction of sp³-hybridized carbons (Fsp3) is 0.231. The van der Waals surface area contributed by atoms with Crippen LogP contribution in [0.1, 0.15) is 6.92 Å². The molecular weight excluding hydrogens is 264 g/mol. The number of esters is 1. The summed E-state index contributed by atoms with van der Waals surface area (Å²) in [5.41, 5.74) is 0.420. The average molecular weight is 278 g/mol. The highest BCUT2D eigenvalue weighted by Crippen LogP contribution is 2.26. The topological polar surface area (TPSA) is 71.4 Å². The van der Waals surface area contributed by atoms with Crippen molar-refractivity contribution >= 4 is 24.3 Å². The van der Waals surface area contributed by atoms with Crippen LogP contribution in [0, 0.1) is 11.3 Å². The van der Waals surface area contributed by atoms with Crippen molar-refractivity contribution in [2.24, 2.45) is 0 Å². The van der Waals surface area contributed by atoms with Crippen LogP contribution in [-0.2, 0) is 9.53 Å². The molecule has 0 atom stereocenters. The second-order valence-corrected chi connectivity index (χ2v) is 3.83. The number of anilines is 1. The van der Waals surface area contributed by atoms with E-state index in [2.05, 4.69) is 17.9 Å². The van der Waals surface area contributed by atoms with Crippen molar-refractivity contribution in [2.75, 3.05) is 19.0 Å². The van der Waals surface area contributed by atoms with Crippen LogP contribution >= 0.6 is 12.6 Å². The van der Waals surface area contributed by atoms with Gasteiger partial charge in [-0.05, 0) is 19.1 Å². The van der Waals surface area contributed by atoms with Gasteiger partial charge in [0, 0.05) is 0 Å². The molecule has 100 valence electrons. The van der Waals surface area contributed by atoms with Gasteiger partial charge in [0.2, 0.25) is 0 Å². The number of carbonyl (C=O) groups is 1. The monoisotopic (exact) mass is 278 g/mol. The maximum atomic E-state index is 11.5. The third kappa shape index (κ3) is 3.93. The van der Waals surface area contributed by atoms with Crippen LogP contribution in [0.5, 0.6) is 5.75 Å². The van der Waals surface area contributed by atoms with Gasteiger partial charge >= 0.3 is 5.97 Å². The Morgan fingerprint density at radius 2 is 2.16 bits per heavy atom. The molecule has 0 aliphatic rings. The third-order valence-corrected chi connectivity index (χ3v) is 2.52. The molecule has 0 fully saturated rings. The lowest BCUT2D eigenvalue weighted by molar-refractivity contribution is -0.138. The van der Waals surface area contributed by atoms with Gasteiger partial charge in [0.25, 0.3) is 0 Å². The SMILES string of the molecule is CCOC(=O)/C(C#N)=C(/S)Nc1ccccc1OC. The molecule has 0 radical (unpaired) electrons. The van der Waals surface area contributed by atoms with Crippen LogP contribution in [0.3, 0.4) is 0 Å². The van der Waals surface area contributed by atoms with Gasteiger partial charge in [0.15, 0.2) is 5.57 Å². The highest BCUT2D eigenvalue weighted by Gasteiger charge is 2.15. The molecule has 0 heterocycles. The van der Waals surface area contributed by atoms with E-state index in [1.807, 2.05) is 6.07 Å². The highest BCUT2D eigenvalue weighted by atomic mass is 32.1. The van der Waals surface area contributed by atoms with Gasteiger partial charge in [-0.25, -0.2) is 4.79 Å². The molecule has 19 heavy (non-hydrogen) atoms. The zero-order valence-electron chi connectivity index (χ0n) is 10.6. The minimum Gasteiger partial charge on any atom is -0.495 e. The zero-order valence-corrected chi connectivity index (χ0v) is 11.5. The van der Waals surface area contributed by atoms with Gasteiger partial charge in [0.1, 0.15) is 11.8 Å². The van der Waals surface area contributed by atoms with E-state index < -0.39 is 5.97 Å². The number of hydrogen-bond acceptors (Lipinski definition) is 6. The van der Waals surface area contributed by atoms with Crippen molar-refractivity contribution < 1.29 is 14.3 Å². The molecular formula is C13H14N2O3S. The Balaban J connectivity index is 3.02. The van der Waals surface area contributed by atoms with Crippen LogP contribution < -0.4 is 10.1 Å². The lowest BCUT2D eigenvalue weighted by Crippen LogP contribution is -2.11. The molecule has 0 saturated carbocycles. The van der Waals surface area contributed by atoms with Crippen molar-refractivity contribution in [3.8, 4) is 11.8 Å². The van der Waals surface area contributed by atoms with E-state index in [0.29, 0.717) is 11.4 Å². The van der Waals surface area contributed by atoms with E-state index in [-0.39, 0.29) is 17.2 Å². The van der Waals surface area contributed by atoms with Gasteiger partial charge in [-0.1, -0.05) is 12.1 Å². The standard InChI is InChI=1S/C13H14N2O3S/c1-3-18-13(16)9(8-14)12(19)15-10-6-4-5-7-11(10)17-2/h4-7,15,19H,3H2,1-2H3/b12-9+. The molecule has 0 saturated heterocycles. The number of nitriles is 1. The summed E-state index contributed by atoms with van der Waals surface area (Å²) in [6.07, 6.45) is 0. The second kappa shape index (κ2) is 7.34. The highest BCUT2D eigenvalue weighted by molar-refractivity contribution is 7.84. The summed E-state index contributed by atoms with van der Waals surface area (Å²) in [7, 11) is 1.53. The summed E-state index contributed by atoms with van der Waals surface area (Å²) in [6, 6.07) is 8.87. The van der Waals surface area contributed by atoms with Crippen LogP contribution in [-0.4, -0.2) is 19.7 Å². The average Bonchev–Trinajstić information content (AvgIpc) is 2.40. The third-order valence-electron chi connectivity index (χ3n) is 2.19. The van der Waals surface area contributed by atoms with Crippen LogP contribution in [0.25, 0.3) is 0 Å². The van der Waals surface area contributed by atoms with E-state index in [1.54, 1.807) is 31.2 Å². The Hall–Kier alpha value is -2.13. The number of para-hydroxylation sites is 2. The zero-order chi connectivity index (χ0) is 14.3. The fourth-order valence-electron chi connectivity index (χ4n) is 1.34. The predicted molar refractivity (Wildman–Crippen MR) is 74.9 cm³/mol. The number of benzene rings is 1. The molecule has 0 aliphatic carbocycles. The molecule has 0 aliphatic heterocycles. The first-order chi connectivity index (χ1) is 9.13. The molecule has 6 heteroatoms. The van der Waals surface area contributed by atoms with E-state index in [1.165, 1.54) is 7.11 Å². The largest absolute Gasteiger partial charge is 0.495 e. The molecule has 0 spiro atoms. The fourth-order valence-corrected chi connectivity index (χ4v) is 1.60. The molecule has 1 aromatic rings. The predicted octanol–water partition coefficient (Wildman–Crippen LogP) is 2.34. The van der Waals surface area contributed by atoms with Gasteiger partial charge in [0.05, 0.1) is 24.4 Å². The normalized spacial score (nSPS) is 11.1. The minimum atomic E-state index is -0.711. The number of nitrogens with one attached hydrogen (secondary N) is 1. The number of carbonyl (C=O) groups excluding carboxylic acids is 1. The first-order valence-corrected chi connectivity index (χ1v) is 5.99. The molecule has 5 nitrogen and oxygen atoms in total. The Bertz CT molecular complexity index is 535. The Labute approximate surface area is 117 Å². The quantitative estimate of drug-likeness (QED) is 0.374. The first-order valence-electron chi connectivity index (χ1n) is 5.54.